The lowest BCUT2D eigenvalue weighted by Crippen LogP contribution is -2.31. The molecule has 1 heterocycles. The highest BCUT2D eigenvalue weighted by Gasteiger charge is 2.23. The Labute approximate surface area is 115 Å². The smallest absolute Gasteiger partial charge is 0.305 e. The number of carboxylic acid groups (broad SMARTS) is 1. The van der Waals surface area contributed by atoms with E-state index < -0.39 is 5.97 Å². The lowest BCUT2D eigenvalue weighted by Gasteiger charge is -2.30. The number of benzene rings is 1. The molecule has 104 valence electrons. The van der Waals surface area contributed by atoms with Crippen LogP contribution < -0.4 is 0 Å². The van der Waals surface area contributed by atoms with Crippen molar-refractivity contribution >= 4 is 5.97 Å². The monoisotopic (exact) mass is 261 g/mol. The molecule has 19 heavy (non-hydrogen) atoms. The maximum absolute atomic E-state index is 11.2. The van der Waals surface area contributed by atoms with Crippen LogP contribution in [0.1, 0.15) is 49.3 Å². The summed E-state index contributed by atoms with van der Waals surface area (Å²) in [5, 5.41) is 9.17. The number of carbonyl (C=O) groups is 1. The highest BCUT2D eigenvalue weighted by atomic mass is 16.4. The Kier molecular flexibility index (Phi) is 4.97. The highest BCUT2D eigenvalue weighted by molar-refractivity contribution is 5.68. The minimum Gasteiger partial charge on any atom is -0.481 e. The Balaban J connectivity index is 2.18. The van der Waals surface area contributed by atoms with E-state index in [0.717, 1.165) is 18.7 Å². The van der Waals surface area contributed by atoms with Crippen LogP contribution in [0.15, 0.2) is 24.3 Å². The van der Waals surface area contributed by atoms with E-state index in [1.54, 1.807) is 0 Å². The standard InChI is InChI=1S/C16H23NO2/c1-13-6-8-14(9-7-13)15(12-16(18)19)17-10-4-2-3-5-11-17/h6-9,15H,2-5,10-12H2,1H3,(H,18,19). The Morgan fingerprint density at radius 2 is 1.74 bits per heavy atom. The van der Waals surface area contributed by atoms with Crippen LogP contribution in [0.5, 0.6) is 0 Å². The lowest BCUT2D eigenvalue weighted by molar-refractivity contribution is -0.138. The van der Waals surface area contributed by atoms with Gasteiger partial charge in [-0.25, -0.2) is 0 Å². The van der Waals surface area contributed by atoms with E-state index >= 15 is 0 Å². The van der Waals surface area contributed by atoms with E-state index in [-0.39, 0.29) is 12.5 Å². The zero-order chi connectivity index (χ0) is 13.7. The summed E-state index contributed by atoms with van der Waals surface area (Å²) in [6, 6.07) is 8.32. The molecule has 0 bridgehead atoms. The second kappa shape index (κ2) is 6.71. The minimum atomic E-state index is -0.713. The van der Waals surface area contributed by atoms with E-state index in [4.69, 9.17) is 0 Å². The summed E-state index contributed by atoms with van der Waals surface area (Å²) >= 11 is 0. The molecule has 0 saturated carbocycles. The van der Waals surface area contributed by atoms with Gasteiger partial charge in [-0.15, -0.1) is 0 Å². The molecule has 1 fully saturated rings. The van der Waals surface area contributed by atoms with Crippen LogP contribution in [0.2, 0.25) is 0 Å². The third-order valence-corrected chi connectivity index (χ3v) is 3.91. The molecule has 2 rings (SSSR count). The first kappa shape index (κ1) is 14.1. The lowest BCUT2D eigenvalue weighted by atomic mass is 10.0. The zero-order valence-corrected chi connectivity index (χ0v) is 11.6. The molecule has 1 atom stereocenters. The maximum Gasteiger partial charge on any atom is 0.305 e. The van der Waals surface area contributed by atoms with Crippen LogP contribution in [-0.2, 0) is 4.79 Å². The molecule has 1 saturated heterocycles. The van der Waals surface area contributed by atoms with Gasteiger partial charge in [-0.1, -0.05) is 42.7 Å². The van der Waals surface area contributed by atoms with Gasteiger partial charge in [0.05, 0.1) is 6.42 Å². The van der Waals surface area contributed by atoms with Gasteiger partial charge in [0.1, 0.15) is 0 Å². The Morgan fingerprint density at radius 3 is 2.26 bits per heavy atom. The predicted molar refractivity (Wildman–Crippen MR) is 76.2 cm³/mol. The molecule has 3 heteroatoms. The summed E-state index contributed by atoms with van der Waals surface area (Å²) in [5.74, 6) is -0.713. The van der Waals surface area contributed by atoms with Gasteiger partial charge in [-0.05, 0) is 38.4 Å². The molecule has 1 N–H and O–H groups in total. The van der Waals surface area contributed by atoms with Crippen molar-refractivity contribution in [2.24, 2.45) is 0 Å². The maximum atomic E-state index is 11.2. The number of hydrogen-bond donors (Lipinski definition) is 1. The Morgan fingerprint density at radius 1 is 1.16 bits per heavy atom. The SMILES string of the molecule is Cc1ccc(C(CC(=O)O)N2CCCCCC2)cc1. The number of nitrogens with zero attached hydrogens (tertiary/aromatic N) is 1. The van der Waals surface area contributed by atoms with Gasteiger partial charge in [-0.2, -0.15) is 0 Å². The van der Waals surface area contributed by atoms with Crippen molar-refractivity contribution in [3.63, 3.8) is 0 Å². The molecular weight excluding hydrogens is 238 g/mol. The second-order valence-electron chi connectivity index (χ2n) is 5.47. The third kappa shape index (κ3) is 4.06. The molecule has 0 radical (unpaired) electrons. The fourth-order valence-electron chi connectivity index (χ4n) is 2.82. The normalized spacial score (nSPS) is 18.8. The summed E-state index contributed by atoms with van der Waals surface area (Å²) < 4.78 is 0. The molecular formula is C16H23NO2. The van der Waals surface area contributed by atoms with Crippen molar-refractivity contribution in [2.75, 3.05) is 13.1 Å². The van der Waals surface area contributed by atoms with Gasteiger partial charge < -0.3 is 5.11 Å². The molecule has 0 aromatic heterocycles. The van der Waals surface area contributed by atoms with Crippen LogP contribution in [0.4, 0.5) is 0 Å². The first-order valence-corrected chi connectivity index (χ1v) is 7.19. The molecule has 1 aromatic rings. The molecule has 0 aliphatic carbocycles. The van der Waals surface area contributed by atoms with Gasteiger partial charge in [0.25, 0.3) is 0 Å². The van der Waals surface area contributed by atoms with E-state index in [1.807, 2.05) is 0 Å². The average Bonchev–Trinajstić information content (AvgIpc) is 2.65. The van der Waals surface area contributed by atoms with Crippen molar-refractivity contribution in [2.45, 2.75) is 45.1 Å². The fraction of sp³-hybridized carbons (Fsp3) is 0.562. The molecule has 1 aliphatic rings. The van der Waals surface area contributed by atoms with Crippen LogP contribution in [0.3, 0.4) is 0 Å². The number of aliphatic carboxylic acids is 1. The predicted octanol–water partition coefficient (Wildman–Crippen LogP) is 3.39. The summed E-state index contributed by atoms with van der Waals surface area (Å²) in [4.78, 5) is 13.5. The minimum absolute atomic E-state index is 0.0243. The number of likely N-dealkylation sites (tertiary alicyclic amines) is 1. The van der Waals surface area contributed by atoms with Crippen molar-refractivity contribution in [1.29, 1.82) is 0 Å². The second-order valence-corrected chi connectivity index (χ2v) is 5.47. The van der Waals surface area contributed by atoms with E-state index in [2.05, 4.69) is 36.1 Å². The quantitative estimate of drug-likeness (QED) is 0.903. The van der Waals surface area contributed by atoms with Gasteiger partial charge in [0.15, 0.2) is 0 Å². The number of rotatable bonds is 4. The largest absolute Gasteiger partial charge is 0.481 e. The topological polar surface area (TPSA) is 40.5 Å². The number of hydrogen-bond acceptors (Lipinski definition) is 2. The molecule has 1 unspecified atom stereocenters. The van der Waals surface area contributed by atoms with Gasteiger partial charge in [0, 0.05) is 6.04 Å². The summed E-state index contributed by atoms with van der Waals surface area (Å²) in [6.45, 7) is 4.10. The third-order valence-electron chi connectivity index (χ3n) is 3.91. The summed E-state index contributed by atoms with van der Waals surface area (Å²) in [7, 11) is 0. The van der Waals surface area contributed by atoms with Crippen LogP contribution in [0, 0.1) is 6.92 Å². The zero-order valence-electron chi connectivity index (χ0n) is 11.6. The number of aryl methyl sites for hydroxylation is 1. The molecule has 0 spiro atoms. The van der Waals surface area contributed by atoms with Crippen LogP contribution in [0.25, 0.3) is 0 Å². The number of carboxylic acids is 1. The van der Waals surface area contributed by atoms with E-state index in [1.165, 1.54) is 31.2 Å². The van der Waals surface area contributed by atoms with Crippen molar-refractivity contribution in [3.05, 3.63) is 35.4 Å². The first-order chi connectivity index (χ1) is 9.16. The van der Waals surface area contributed by atoms with E-state index in [9.17, 15) is 9.90 Å². The molecule has 1 aliphatic heterocycles. The van der Waals surface area contributed by atoms with Gasteiger partial charge >= 0.3 is 5.97 Å². The summed E-state index contributed by atoms with van der Waals surface area (Å²) in [5.41, 5.74) is 2.35. The summed E-state index contributed by atoms with van der Waals surface area (Å²) in [6.07, 6.45) is 5.10. The van der Waals surface area contributed by atoms with Crippen molar-refractivity contribution in [1.82, 2.24) is 4.90 Å². The van der Waals surface area contributed by atoms with Gasteiger partial charge in [0.2, 0.25) is 0 Å². The molecule has 1 aromatic carbocycles. The van der Waals surface area contributed by atoms with Crippen LogP contribution in [-0.4, -0.2) is 29.1 Å². The highest BCUT2D eigenvalue weighted by Crippen LogP contribution is 2.27. The van der Waals surface area contributed by atoms with E-state index in [0.29, 0.717) is 0 Å². The Bertz CT molecular complexity index is 405. The fourth-order valence-corrected chi connectivity index (χ4v) is 2.82. The van der Waals surface area contributed by atoms with Crippen LogP contribution >= 0.6 is 0 Å². The van der Waals surface area contributed by atoms with Crippen molar-refractivity contribution < 1.29 is 9.90 Å². The molecule has 3 nitrogen and oxygen atoms in total. The molecule has 0 amide bonds. The Hall–Kier alpha value is -1.35. The first-order valence-electron chi connectivity index (χ1n) is 7.19. The van der Waals surface area contributed by atoms with Crippen molar-refractivity contribution in [3.8, 4) is 0 Å². The van der Waals surface area contributed by atoms with Gasteiger partial charge in [-0.3, -0.25) is 9.69 Å². The average molecular weight is 261 g/mol.